The molecule has 31 heavy (non-hydrogen) atoms. The van der Waals surface area contributed by atoms with E-state index in [0.717, 1.165) is 35.2 Å². The van der Waals surface area contributed by atoms with Gasteiger partial charge in [0.05, 0.1) is 0 Å². The first-order chi connectivity index (χ1) is 14.9. The van der Waals surface area contributed by atoms with E-state index in [1.54, 1.807) is 0 Å². The zero-order valence-electron chi connectivity index (χ0n) is 19.1. The number of hydrogen-bond acceptors (Lipinski definition) is 2. The second kappa shape index (κ2) is 11.5. The standard InChI is InChI=1S/C28H34BrNO/c1-21(2)30(22(3)4)17-9-13-23-12-8-14-25(18-23)27-19-26(29)15-16-28(27)31-20-24-10-6-5-7-11-24/h5-8,10-12,14-16,18-19,21-22H,9,13,17,20H2,1-4H3. The molecule has 3 rings (SSSR count). The third-order valence-electron chi connectivity index (χ3n) is 5.63. The molecular formula is C28H34BrNO. The Labute approximate surface area is 196 Å². The fourth-order valence-electron chi connectivity index (χ4n) is 4.06. The summed E-state index contributed by atoms with van der Waals surface area (Å²) in [4.78, 5) is 2.56. The van der Waals surface area contributed by atoms with Gasteiger partial charge in [0.1, 0.15) is 12.4 Å². The highest BCUT2D eigenvalue weighted by molar-refractivity contribution is 9.10. The van der Waals surface area contributed by atoms with Crippen LogP contribution in [0.4, 0.5) is 0 Å². The lowest BCUT2D eigenvalue weighted by Gasteiger charge is -2.30. The number of halogens is 1. The topological polar surface area (TPSA) is 12.5 Å². The number of nitrogens with zero attached hydrogens (tertiary/aromatic N) is 1. The summed E-state index contributed by atoms with van der Waals surface area (Å²) >= 11 is 3.63. The predicted octanol–water partition coefficient (Wildman–Crippen LogP) is 7.75. The Bertz CT molecular complexity index is 944. The lowest BCUT2D eigenvalue weighted by Crippen LogP contribution is -2.37. The lowest BCUT2D eigenvalue weighted by molar-refractivity contribution is 0.173. The van der Waals surface area contributed by atoms with Gasteiger partial charge in [-0.15, -0.1) is 0 Å². The minimum absolute atomic E-state index is 0.565. The summed E-state index contributed by atoms with van der Waals surface area (Å²) < 4.78 is 7.27. The van der Waals surface area contributed by atoms with Crippen LogP contribution in [0, 0.1) is 0 Å². The SMILES string of the molecule is CC(C)N(CCCc1cccc(-c2cc(Br)ccc2OCc2ccccc2)c1)C(C)C. The molecule has 0 aliphatic rings. The second-order valence-electron chi connectivity index (χ2n) is 8.64. The van der Waals surface area contributed by atoms with E-state index in [1.165, 1.54) is 16.7 Å². The molecule has 0 aromatic heterocycles. The molecule has 3 heteroatoms. The molecule has 0 amide bonds. The number of aryl methyl sites for hydroxylation is 1. The van der Waals surface area contributed by atoms with E-state index in [2.05, 4.69) is 97.1 Å². The van der Waals surface area contributed by atoms with Gasteiger partial charge in [-0.3, -0.25) is 4.90 Å². The average molecular weight is 480 g/mol. The van der Waals surface area contributed by atoms with Crippen LogP contribution in [0.2, 0.25) is 0 Å². The Hall–Kier alpha value is -2.10. The van der Waals surface area contributed by atoms with Crippen LogP contribution < -0.4 is 4.74 Å². The van der Waals surface area contributed by atoms with Crippen molar-refractivity contribution < 1.29 is 4.74 Å². The van der Waals surface area contributed by atoms with E-state index >= 15 is 0 Å². The average Bonchev–Trinajstić information content (AvgIpc) is 2.76. The molecule has 0 heterocycles. The van der Waals surface area contributed by atoms with Crippen LogP contribution in [0.25, 0.3) is 11.1 Å². The summed E-state index contributed by atoms with van der Waals surface area (Å²) in [6.45, 7) is 10.8. The van der Waals surface area contributed by atoms with Crippen molar-refractivity contribution in [1.82, 2.24) is 4.90 Å². The first-order valence-corrected chi connectivity index (χ1v) is 12.0. The number of hydrogen-bond donors (Lipinski definition) is 0. The van der Waals surface area contributed by atoms with Crippen LogP contribution in [0.3, 0.4) is 0 Å². The molecule has 0 radical (unpaired) electrons. The molecule has 3 aromatic rings. The number of benzene rings is 3. The van der Waals surface area contributed by atoms with Gasteiger partial charge in [0.25, 0.3) is 0 Å². The fourth-order valence-corrected chi connectivity index (χ4v) is 4.42. The third kappa shape index (κ3) is 6.95. The van der Waals surface area contributed by atoms with Gasteiger partial charge in [0, 0.05) is 22.1 Å². The van der Waals surface area contributed by atoms with E-state index in [9.17, 15) is 0 Å². The van der Waals surface area contributed by atoms with Crippen LogP contribution in [-0.2, 0) is 13.0 Å². The van der Waals surface area contributed by atoms with Crippen molar-refractivity contribution in [2.45, 2.75) is 59.2 Å². The van der Waals surface area contributed by atoms with Crippen molar-refractivity contribution in [3.8, 4) is 16.9 Å². The molecule has 2 nitrogen and oxygen atoms in total. The first kappa shape index (κ1) is 23.6. The highest BCUT2D eigenvalue weighted by Crippen LogP contribution is 2.34. The maximum atomic E-state index is 6.21. The lowest BCUT2D eigenvalue weighted by atomic mass is 10.00. The molecule has 0 bridgehead atoms. The molecule has 3 aromatic carbocycles. The van der Waals surface area contributed by atoms with Crippen LogP contribution in [0.1, 0.15) is 45.2 Å². The summed E-state index contributed by atoms with van der Waals surface area (Å²) in [6.07, 6.45) is 2.24. The maximum Gasteiger partial charge on any atom is 0.127 e. The molecular weight excluding hydrogens is 446 g/mol. The van der Waals surface area contributed by atoms with Gasteiger partial charge in [0.15, 0.2) is 0 Å². The molecule has 0 atom stereocenters. The van der Waals surface area contributed by atoms with Crippen molar-refractivity contribution in [3.05, 3.63) is 88.4 Å². The summed E-state index contributed by atoms with van der Waals surface area (Å²) in [5.74, 6) is 0.912. The molecule has 0 fully saturated rings. The number of rotatable bonds is 10. The Morgan fingerprint density at radius 3 is 2.23 bits per heavy atom. The van der Waals surface area contributed by atoms with Crippen molar-refractivity contribution in [2.24, 2.45) is 0 Å². The van der Waals surface area contributed by atoms with Crippen molar-refractivity contribution in [2.75, 3.05) is 6.54 Å². The maximum absolute atomic E-state index is 6.21. The molecule has 164 valence electrons. The zero-order chi connectivity index (χ0) is 22.2. The zero-order valence-corrected chi connectivity index (χ0v) is 20.7. The second-order valence-corrected chi connectivity index (χ2v) is 9.56. The monoisotopic (exact) mass is 479 g/mol. The van der Waals surface area contributed by atoms with E-state index < -0.39 is 0 Å². The van der Waals surface area contributed by atoms with Gasteiger partial charge in [-0.2, -0.15) is 0 Å². The molecule has 0 N–H and O–H groups in total. The minimum atomic E-state index is 0.565. The minimum Gasteiger partial charge on any atom is -0.488 e. The summed E-state index contributed by atoms with van der Waals surface area (Å²) in [7, 11) is 0. The Kier molecular flexibility index (Phi) is 8.74. The van der Waals surface area contributed by atoms with Gasteiger partial charge < -0.3 is 4.74 Å². The van der Waals surface area contributed by atoms with Gasteiger partial charge >= 0.3 is 0 Å². The van der Waals surface area contributed by atoms with Gasteiger partial charge in [0.2, 0.25) is 0 Å². The Morgan fingerprint density at radius 2 is 1.52 bits per heavy atom. The third-order valence-corrected chi connectivity index (χ3v) is 6.12. The predicted molar refractivity (Wildman–Crippen MR) is 136 cm³/mol. The van der Waals surface area contributed by atoms with Crippen LogP contribution in [0.15, 0.2) is 77.3 Å². The highest BCUT2D eigenvalue weighted by Gasteiger charge is 2.13. The number of ether oxygens (including phenoxy) is 1. The van der Waals surface area contributed by atoms with Crippen molar-refractivity contribution in [1.29, 1.82) is 0 Å². The quantitative estimate of drug-likeness (QED) is 0.294. The molecule has 0 aliphatic heterocycles. The van der Waals surface area contributed by atoms with Gasteiger partial charge in [-0.1, -0.05) is 70.5 Å². The van der Waals surface area contributed by atoms with E-state index in [1.807, 2.05) is 24.3 Å². The van der Waals surface area contributed by atoms with Gasteiger partial charge in [-0.25, -0.2) is 0 Å². The molecule has 0 aliphatic carbocycles. The first-order valence-electron chi connectivity index (χ1n) is 11.3. The smallest absolute Gasteiger partial charge is 0.127 e. The van der Waals surface area contributed by atoms with Crippen LogP contribution in [0.5, 0.6) is 5.75 Å². The largest absolute Gasteiger partial charge is 0.488 e. The van der Waals surface area contributed by atoms with Crippen molar-refractivity contribution >= 4 is 15.9 Å². The molecule has 0 saturated carbocycles. The Morgan fingerprint density at radius 1 is 0.806 bits per heavy atom. The van der Waals surface area contributed by atoms with Crippen LogP contribution >= 0.6 is 15.9 Å². The molecule has 0 saturated heterocycles. The van der Waals surface area contributed by atoms with E-state index in [-0.39, 0.29) is 0 Å². The highest BCUT2D eigenvalue weighted by atomic mass is 79.9. The summed E-state index contributed by atoms with van der Waals surface area (Å²) in [5, 5.41) is 0. The van der Waals surface area contributed by atoms with Crippen molar-refractivity contribution in [3.63, 3.8) is 0 Å². The summed E-state index contributed by atoms with van der Waals surface area (Å²) in [5.41, 5.74) is 4.87. The molecule has 0 spiro atoms. The summed E-state index contributed by atoms with van der Waals surface area (Å²) in [6, 6.07) is 26.6. The van der Waals surface area contributed by atoms with E-state index in [4.69, 9.17) is 4.74 Å². The Balaban J connectivity index is 1.73. The van der Waals surface area contributed by atoms with Crippen LogP contribution in [-0.4, -0.2) is 23.5 Å². The fraction of sp³-hybridized carbons (Fsp3) is 0.357. The van der Waals surface area contributed by atoms with E-state index in [0.29, 0.717) is 18.7 Å². The normalized spacial score (nSPS) is 11.5. The molecule has 0 unspecified atom stereocenters. The van der Waals surface area contributed by atoms with Gasteiger partial charge in [-0.05, 0) is 82.0 Å².